The van der Waals surface area contributed by atoms with E-state index in [1.165, 1.54) is 5.56 Å². The van der Waals surface area contributed by atoms with Crippen molar-refractivity contribution in [2.45, 2.75) is 52.6 Å². The molecule has 0 aliphatic carbocycles. The summed E-state index contributed by atoms with van der Waals surface area (Å²) in [6.45, 7) is 8.30. The molecule has 1 aliphatic rings. The number of fused-ring (bicyclic) bond motifs is 3. The van der Waals surface area contributed by atoms with Crippen LogP contribution in [0, 0.1) is 13.8 Å². The van der Waals surface area contributed by atoms with Gasteiger partial charge in [-0.25, -0.2) is 4.79 Å². The lowest BCUT2D eigenvalue weighted by Crippen LogP contribution is -2.33. The summed E-state index contributed by atoms with van der Waals surface area (Å²) in [5, 5.41) is 0.948. The van der Waals surface area contributed by atoms with E-state index in [4.69, 9.17) is 9.15 Å². The zero-order chi connectivity index (χ0) is 18.5. The van der Waals surface area contributed by atoms with Crippen LogP contribution in [0.4, 0.5) is 0 Å². The second kappa shape index (κ2) is 6.01. The van der Waals surface area contributed by atoms with Crippen molar-refractivity contribution in [1.29, 1.82) is 0 Å². The molecule has 0 N–H and O–H groups in total. The molecule has 0 saturated carbocycles. The van der Waals surface area contributed by atoms with Gasteiger partial charge in [0.25, 0.3) is 0 Å². The van der Waals surface area contributed by atoms with Crippen molar-refractivity contribution in [3.8, 4) is 5.75 Å². The van der Waals surface area contributed by atoms with Crippen molar-refractivity contribution < 1.29 is 9.15 Å². The number of hydrogen-bond acceptors (Lipinski definition) is 3. The molecule has 3 aromatic rings. The molecule has 1 aliphatic heterocycles. The lowest BCUT2D eigenvalue weighted by atomic mass is 9.89. The second-order valence-electron chi connectivity index (χ2n) is 7.89. The third kappa shape index (κ3) is 2.82. The maximum absolute atomic E-state index is 12.7. The molecule has 26 heavy (non-hydrogen) atoms. The Labute approximate surface area is 153 Å². The molecule has 3 nitrogen and oxygen atoms in total. The predicted molar refractivity (Wildman–Crippen MR) is 104 cm³/mol. The molecule has 4 rings (SSSR count). The highest BCUT2D eigenvalue weighted by atomic mass is 16.5. The maximum atomic E-state index is 12.7. The molecule has 0 fully saturated rings. The van der Waals surface area contributed by atoms with Gasteiger partial charge in [0.2, 0.25) is 0 Å². The van der Waals surface area contributed by atoms with Crippen molar-refractivity contribution in [2.24, 2.45) is 0 Å². The summed E-state index contributed by atoms with van der Waals surface area (Å²) < 4.78 is 12.1. The van der Waals surface area contributed by atoms with Gasteiger partial charge in [0.1, 0.15) is 16.9 Å². The van der Waals surface area contributed by atoms with E-state index in [-0.39, 0.29) is 11.2 Å². The molecular weight excluding hydrogens is 324 g/mol. The van der Waals surface area contributed by atoms with Crippen LogP contribution in [0.5, 0.6) is 5.75 Å². The highest BCUT2D eigenvalue weighted by Crippen LogP contribution is 2.42. The van der Waals surface area contributed by atoms with Crippen molar-refractivity contribution in [1.82, 2.24) is 0 Å². The van der Waals surface area contributed by atoms with Gasteiger partial charge < -0.3 is 9.15 Å². The summed E-state index contributed by atoms with van der Waals surface area (Å²) >= 11 is 0. The Kier molecular flexibility index (Phi) is 3.91. The smallest absolute Gasteiger partial charge is 0.340 e. The molecule has 2 aromatic carbocycles. The molecule has 1 aromatic heterocycles. The number of rotatable bonds is 2. The summed E-state index contributed by atoms with van der Waals surface area (Å²) in [6.07, 6.45) is 2.53. The molecule has 0 amide bonds. The monoisotopic (exact) mass is 348 g/mol. The first-order valence-electron chi connectivity index (χ1n) is 9.17. The lowest BCUT2D eigenvalue weighted by molar-refractivity contribution is 0.0865. The third-order valence-electron chi connectivity index (χ3n) is 5.43. The molecule has 0 radical (unpaired) electrons. The Hall–Kier alpha value is -2.55. The Balaban J connectivity index is 1.96. The van der Waals surface area contributed by atoms with Crippen LogP contribution in [0.15, 0.2) is 45.6 Å². The Morgan fingerprint density at radius 2 is 1.85 bits per heavy atom. The van der Waals surface area contributed by atoms with Crippen LogP contribution in [0.1, 0.15) is 48.1 Å². The Morgan fingerprint density at radius 1 is 1.12 bits per heavy atom. The van der Waals surface area contributed by atoms with Crippen molar-refractivity contribution in [3.05, 3.63) is 74.6 Å². The van der Waals surface area contributed by atoms with Crippen LogP contribution in [-0.2, 0) is 12.8 Å². The molecule has 0 unspecified atom stereocenters. The fraction of sp³-hybridized carbons (Fsp3) is 0.348. The van der Waals surface area contributed by atoms with E-state index in [0.717, 1.165) is 40.7 Å². The van der Waals surface area contributed by atoms with Crippen LogP contribution in [-0.4, -0.2) is 5.60 Å². The van der Waals surface area contributed by atoms with E-state index in [1.54, 1.807) is 0 Å². The van der Waals surface area contributed by atoms with Crippen LogP contribution in [0.3, 0.4) is 0 Å². The van der Waals surface area contributed by atoms with Crippen molar-refractivity contribution in [2.75, 3.05) is 0 Å². The molecule has 0 atom stereocenters. The lowest BCUT2D eigenvalue weighted by Gasteiger charge is -2.34. The van der Waals surface area contributed by atoms with Gasteiger partial charge in [-0.2, -0.15) is 0 Å². The van der Waals surface area contributed by atoms with Crippen molar-refractivity contribution >= 4 is 11.0 Å². The van der Waals surface area contributed by atoms with E-state index in [2.05, 4.69) is 20.8 Å². The first kappa shape index (κ1) is 16.9. The van der Waals surface area contributed by atoms with Crippen molar-refractivity contribution in [3.63, 3.8) is 0 Å². The highest BCUT2D eigenvalue weighted by Gasteiger charge is 2.30. The SMILES string of the molecule is Cc1cc2oc(=O)c(Cc3ccccc3)c(C)c2c2c1CCC(C)(C)O2. The summed E-state index contributed by atoms with van der Waals surface area (Å²) in [5.41, 5.74) is 5.29. The molecule has 0 saturated heterocycles. The van der Waals surface area contributed by atoms with E-state index in [1.807, 2.05) is 43.3 Å². The van der Waals surface area contributed by atoms with Crippen LogP contribution in [0.2, 0.25) is 0 Å². The van der Waals surface area contributed by atoms with Gasteiger partial charge in [0.15, 0.2) is 0 Å². The first-order valence-corrected chi connectivity index (χ1v) is 9.17. The van der Waals surface area contributed by atoms with E-state index < -0.39 is 0 Å². The normalized spacial score (nSPS) is 15.5. The number of benzene rings is 2. The number of aryl methyl sites for hydroxylation is 2. The third-order valence-corrected chi connectivity index (χ3v) is 5.43. The molecule has 0 spiro atoms. The summed E-state index contributed by atoms with van der Waals surface area (Å²) in [5.74, 6) is 0.895. The van der Waals surface area contributed by atoms with Gasteiger partial charge in [-0.3, -0.25) is 0 Å². The Bertz CT molecular complexity index is 1040. The summed E-state index contributed by atoms with van der Waals surface area (Å²) in [7, 11) is 0. The first-order chi connectivity index (χ1) is 12.4. The zero-order valence-corrected chi connectivity index (χ0v) is 15.8. The summed E-state index contributed by atoms with van der Waals surface area (Å²) in [4.78, 5) is 12.7. The van der Waals surface area contributed by atoms with Crippen LogP contribution >= 0.6 is 0 Å². The van der Waals surface area contributed by atoms with Gasteiger partial charge in [0.05, 0.1) is 5.39 Å². The van der Waals surface area contributed by atoms with Gasteiger partial charge in [-0.05, 0) is 68.9 Å². The Morgan fingerprint density at radius 3 is 2.58 bits per heavy atom. The maximum Gasteiger partial charge on any atom is 0.340 e. The average molecular weight is 348 g/mol. The van der Waals surface area contributed by atoms with Gasteiger partial charge in [0, 0.05) is 12.0 Å². The minimum Gasteiger partial charge on any atom is -0.487 e. The molecular formula is C23H24O3. The van der Waals surface area contributed by atoms with E-state index in [0.29, 0.717) is 17.6 Å². The minimum absolute atomic E-state index is 0.212. The predicted octanol–water partition coefficient (Wildman–Crippen LogP) is 5.10. The average Bonchev–Trinajstić information content (AvgIpc) is 2.58. The van der Waals surface area contributed by atoms with Crippen LogP contribution < -0.4 is 10.4 Å². The molecule has 134 valence electrons. The van der Waals surface area contributed by atoms with Gasteiger partial charge >= 0.3 is 5.63 Å². The number of ether oxygens (including phenoxy) is 1. The number of hydrogen-bond donors (Lipinski definition) is 0. The van der Waals surface area contributed by atoms with Gasteiger partial charge in [-0.1, -0.05) is 30.3 Å². The topological polar surface area (TPSA) is 39.4 Å². The molecule has 2 heterocycles. The fourth-order valence-electron chi connectivity index (χ4n) is 3.88. The van der Waals surface area contributed by atoms with E-state index in [9.17, 15) is 4.79 Å². The summed E-state index contributed by atoms with van der Waals surface area (Å²) in [6, 6.07) is 12.0. The van der Waals surface area contributed by atoms with E-state index >= 15 is 0 Å². The van der Waals surface area contributed by atoms with Crippen LogP contribution in [0.25, 0.3) is 11.0 Å². The minimum atomic E-state index is -0.256. The largest absolute Gasteiger partial charge is 0.487 e. The zero-order valence-electron chi connectivity index (χ0n) is 15.8. The molecule has 0 bridgehead atoms. The standard InChI is InChI=1S/C23H24O3/c1-14-12-19-20(21-17(14)10-11-23(3,4)26-21)15(2)18(22(24)25-19)13-16-8-6-5-7-9-16/h5-9,12H,10-11,13H2,1-4H3. The van der Waals surface area contributed by atoms with Gasteiger partial charge in [-0.15, -0.1) is 0 Å². The molecule has 3 heteroatoms. The quantitative estimate of drug-likeness (QED) is 0.605. The second-order valence-corrected chi connectivity index (χ2v) is 7.89. The highest BCUT2D eigenvalue weighted by molar-refractivity contribution is 5.90. The fourth-order valence-corrected chi connectivity index (χ4v) is 3.88.